The van der Waals surface area contributed by atoms with Gasteiger partial charge in [-0.3, -0.25) is 4.98 Å². The van der Waals surface area contributed by atoms with Crippen LogP contribution in [0.4, 0.5) is 11.5 Å². The second-order valence-corrected chi connectivity index (χ2v) is 5.88. The molecule has 5 nitrogen and oxygen atoms in total. The first-order chi connectivity index (χ1) is 10.3. The van der Waals surface area contributed by atoms with E-state index in [-0.39, 0.29) is 0 Å². The van der Waals surface area contributed by atoms with E-state index in [1.54, 1.807) is 0 Å². The van der Waals surface area contributed by atoms with Gasteiger partial charge in [0, 0.05) is 51.3 Å². The third kappa shape index (κ3) is 3.16. The number of halogens is 1. The van der Waals surface area contributed by atoms with Crippen LogP contribution in [0.25, 0.3) is 0 Å². The van der Waals surface area contributed by atoms with Gasteiger partial charge in [0.1, 0.15) is 5.82 Å². The molecule has 0 radical (unpaired) electrons. The summed E-state index contributed by atoms with van der Waals surface area (Å²) >= 11 is 3.57. The summed E-state index contributed by atoms with van der Waals surface area (Å²) in [7, 11) is 0. The Kier molecular flexibility index (Phi) is 4.36. The molecule has 0 bridgehead atoms. The first kappa shape index (κ1) is 14.3. The molecule has 2 aromatic heterocycles. The highest BCUT2D eigenvalue weighted by Gasteiger charge is 2.19. The summed E-state index contributed by atoms with van der Waals surface area (Å²) in [4.78, 5) is 13.3. The van der Waals surface area contributed by atoms with Gasteiger partial charge in [-0.2, -0.15) is 0 Å². The lowest BCUT2D eigenvalue weighted by molar-refractivity contribution is 0.646. The maximum atomic E-state index is 5.61. The summed E-state index contributed by atoms with van der Waals surface area (Å²) in [6, 6.07) is 6.16. The molecule has 3 rings (SSSR count). The highest BCUT2D eigenvalue weighted by atomic mass is 79.9. The molecule has 2 N–H and O–H groups in total. The van der Waals surface area contributed by atoms with E-state index in [2.05, 4.69) is 41.8 Å². The molecule has 0 atom stereocenters. The SMILES string of the molecule is NCc1ccc(N2CCN(c3ccncc3Br)CC2)nc1. The van der Waals surface area contributed by atoms with Crippen molar-refractivity contribution in [3.8, 4) is 0 Å². The molecular formula is C15H18BrN5. The second-order valence-electron chi connectivity index (χ2n) is 5.03. The Hall–Kier alpha value is -1.66. The normalized spacial score (nSPS) is 15.3. The highest BCUT2D eigenvalue weighted by Crippen LogP contribution is 2.26. The maximum absolute atomic E-state index is 5.61. The third-order valence-corrected chi connectivity index (χ3v) is 4.35. The Bertz CT molecular complexity index is 593. The topological polar surface area (TPSA) is 58.3 Å². The van der Waals surface area contributed by atoms with Gasteiger partial charge < -0.3 is 15.5 Å². The number of piperazine rings is 1. The minimum absolute atomic E-state index is 0.539. The van der Waals surface area contributed by atoms with Crippen LogP contribution >= 0.6 is 15.9 Å². The zero-order chi connectivity index (χ0) is 14.7. The Morgan fingerprint density at radius 2 is 1.81 bits per heavy atom. The molecule has 1 aliphatic rings. The number of nitrogens with zero attached hydrogens (tertiary/aromatic N) is 4. The van der Waals surface area contributed by atoms with Crippen LogP contribution in [0.1, 0.15) is 5.56 Å². The standard InChI is InChI=1S/C15H18BrN5/c16-13-11-18-4-3-14(13)20-5-7-21(8-6-20)15-2-1-12(9-17)10-19-15/h1-4,10-11H,5-9,17H2. The van der Waals surface area contributed by atoms with Crippen LogP contribution in [0.15, 0.2) is 41.3 Å². The largest absolute Gasteiger partial charge is 0.367 e. The van der Waals surface area contributed by atoms with Crippen LogP contribution in [0.5, 0.6) is 0 Å². The van der Waals surface area contributed by atoms with Crippen LogP contribution in [-0.2, 0) is 6.54 Å². The van der Waals surface area contributed by atoms with Gasteiger partial charge in [-0.05, 0) is 33.6 Å². The van der Waals surface area contributed by atoms with Crippen LogP contribution in [0.2, 0.25) is 0 Å². The summed E-state index contributed by atoms with van der Waals surface area (Å²) in [5.74, 6) is 1.03. The van der Waals surface area contributed by atoms with Crippen molar-refractivity contribution in [2.24, 2.45) is 5.73 Å². The first-order valence-corrected chi connectivity index (χ1v) is 7.81. The predicted octanol–water partition coefficient (Wildman–Crippen LogP) is 2.02. The number of nitrogens with two attached hydrogens (primary N) is 1. The van der Waals surface area contributed by atoms with Gasteiger partial charge in [-0.1, -0.05) is 6.07 Å². The average molecular weight is 348 g/mol. The number of hydrogen-bond donors (Lipinski definition) is 1. The number of aromatic nitrogens is 2. The number of anilines is 2. The molecule has 110 valence electrons. The van der Waals surface area contributed by atoms with Crippen molar-refractivity contribution >= 4 is 27.4 Å². The quantitative estimate of drug-likeness (QED) is 0.920. The molecular weight excluding hydrogens is 330 g/mol. The minimum Gasteiger partial charge on any atom is -0.367 e. The van der Waals surface area contributed by atoms with E-state index in [9.17, 15) is 0 Å². The highest BCUT2D eigenvalue weighted by molar-refractivity contribution is 9.10. The van der Waals surface area contributed by atoms with Gasteiger partial charge in [0.05, 0.1) is 10.2 Å². The average Bonchev–Trinajstić information content (AvgIpc) is 2.56. The lowest BCUT2D eigenvalue weighted by Gasteiger charge is -2.37. The number of rotatable bonds is 3. The molecule has 0 amide bonds. The molecule has 0 saturated carbocycles. The van der Waals surface area contributed by atoms with Gasteiger partial charge in [0.15, 0.2) is 0 Å². The maximum Gasteiger partial charge on any atom is 0.128 e. The lowest BCUT2D eigenvalue weighted by Crippen LogP contribution is -2.47. The Morgan fingerprint density at radius 1 is 1.05 bits per heavy atom. The van der Waals surface area contributed by atoms with Gasteiger partial charge in [0.25, 0.3) is 0 Å². The fraction of sp³-hybridized carbons (Fsp3) is 0.333. The third-order valence-electron chi connectivity index (χ3n) is 3.74. The van der Waals surface area contributed by atoms with Crippen molar-refractivity contribution in [1.82, 2.24) is 9.97 Å². The van der Waals surface area contributed by atoms with E-state index < -0.39 is 0 Å². The van der Waals surface area contributed by atoms with Gasteiger partial charge in [0.2, 0.25) is 0 Å². The number of hydrogen-bond acceptors (Lipinski definition) is 5. The second kappa shape index (κ2) is 6.41. The molecule has 21 heavy (non-hydrogen) atoms. The monoisotopic (exact) mass is 347 g/mol. The van der Waals surface area contributed by atoms with Crippen molar-refractivity contribution in [3.63, 3.8) is 0 Å². The molecule has 0 spiro atoms. The van der Waals surface area contributed by atoms with Gasteiger partial charge >= 0.3 is 0 Å². The van der Waals surface area contributed by atoms with Crippen molar-refractivity contribution in [2.45, 2.75) is 6.54 Å². The zero-order valence-electron chi connectivity index (χ0n) is 11.7. The zero-order valence-corrected chi connectivity index (χ0v) is 13.3. The van der Waals surface area contributed by atoms with E-state index in [0.717, 1.165) is 42.0 Å². The number of pyridine rings is 2. The molecule has 0 aliphatic carbocycles. The van der Waals surface area contributed by atoms with E-state index in [1.807, 2.05) is 30.7 Å². The summed E-state index contributed by atoms with van der Waals surface area (Å²) in [6.07, 6.45) is 5.54. The summed E-state index contributed by atoms with van der Waals surface area (Å²) < 4.78 is 1.05. The van der Waals surface area contributed by atoms with E-state index in [4.69, 9.17) is 5.73 Å². The molecule has 1 saturated heterocycles. The van der Waals surface area contributed by atoms with Crippen LogP contribution < -0.4 is 15.5 Å². The molecule has 1 fully saturated rings. The molecule has 3 heterocycles. The lowest BCUT2D eigenvalue weighted by atomic mass is 10.2. The van der Waals surface area contributed by atoms with Crippen molar-refractivity contribution in [2.75, 3.05) is 36.0 Å². The molecule has 0 unspecified atom stereocenters. The van der Waals surface area contributed by atoms with E-state index >= 15 is 0 Å². The minimum atomic E-state index is 0.539. The van der Waals surface area contributed by atoms with Crippen LogP contribution in [-0.4, -0.2) is 36.1 Å². The Morgan fingerprint density at radius 3 is 2.43 bits per heavy atom. The fourth-order valence-electron chi connectivity index (χ4n) is 2.53. The summed E-state index contributed by atoms with van der Waals surface area (Å²) in [6.45, 7) is 4.41. The van der Waals surface area contributed by atoms with E-state index in [0.29, 0.717) is 6.54 Å². The summed E-state index contributed by atoms with van der Waals surface area (Å²) in [5, 5.41) is 0. The Balaban J connectivity index is 1.66. The van der Waals surface area contributed by atoms with Crippen LogP contribution in [0, 0.1) is 0 Å². The molecule has 2 aromatic rings. The van der Waals surface area contributed by atoms with Crippen LogP contribution in [0.3, 0.4) is 0 Å². The fourth-order valence-corrected chi connectivity index (χ4v) is 3.03. The van der Waals surface area contributed by atoms with Crippen molar-refractivity contribution in [3.05, 3.63) is 46.8 Å². The van der Waals surface area contributed by atoms with Crippen molar-refractivity contribution < 1.29 is 0 Å². The molecule has 6 heteroatoms. The van der Waals surface area contributed by atoms with E-state index in [1.165, 1.54) is 5.69 Å². The first-order valence-electron chi connectivity index (χ1n) is 7.02. The molecule has 0 aromatic carbocycles. The molecule has 1 aliphatic heterocycles. The van der Waals surface area contributed by atoms with Gasteiger partial charge in [-0.15, -0.1) is 0 Å². The smallest absolute Gasteiger partial charge is 0.128 e. The predicted molar refractivity (Wildman–Crippen MR) is 88.5 cm³/mol. The Labute approximate surface area is 132 Å². The van der Waals surface area contributed by atoms with Crippen molar-refractivity contribution in [1.29, 1.82) is 0 Å². The summed E-state index contributed by atoms with van der Waals surface area (Å²) in [5.41, 5.74) is 7.88. The van der Waals surface area contributed by atoms with Gasteiger partial charge in [-0.25, -0.2) is 4.98 Å².